The number of nitrogens with one attached hydrogen (secondary N) is 1. The van der Waals surface area contributed by atoms with Crippen molar-refractivity contribution in [3.63, 3.8) is 0 Å². The van der Waals surface area contributed by atoms with Gasteiger partial charge in [-0.15, -0.1) is 0 Å². The van der Waals surface area contributed by atoms with Crippen molar-refractivity contribution < 1.29 is 9.59 Å². The fraction of sp³-hybridized carbons (Fsp3) is 0.450. The van der Waals surface area contributed by atoms with Crippen LogP contribution in [0.1, 0.15) is 28.8 Å². The Balaban J connectivity index is 1.28. The van der Waals surface area contributed by atoms with Gasteiger partial charge in [-0.3, -0.25) is 19.2 Å². The van der Waals surface area contributed by atoms with Gasteiger partial charge in [-0.2, -0.15) is 5.10 Å². The van der Waals surface area contributed by atoms with Crippen LogP contribution in [-0.4, -0.2) is 70.2 Å². The van der Waals surface area contributed by atoms with Crippen LogP contribution in [0.25, 0.3) is 0 Å². The summed E-state index contributed by atoms with van der Waals surface area (Å²) < 4.78 is 1.73. The molecule has 1 aromatic heterocycles. The molecular weight excluding hydrogens is 378 g/mol. The lowest BCUT2D eigenvalue weighted by atomic mass is 10.2. The fourth-order valence-corrected chi connectivity index (χ4v) is 3.55. The van der Waals surface area contributed by atoms with Gasteiger partial charge in [0.05, 0.1) is 24.8 Å². The molecule has 1 saturated heterocycles. The van der Waals surface area contributed by atoms with E-state index < -0.39 is 0 Å². The van der Waals surface area contributed by atoms with Crippen molar-refractivity contribution >= 4 is 23.4 Å². The molecule has 0 bridgehead atoms. The number of amides is 2. The van der Waals surface area contributed by atoms with E-state index in [-0.39, 0.29) is 11.8 Å². The summed E-state index contributed by atoms with van der Waals surface area (Å²) in [4.78, 5) is 28.6. The lowest BCUT2D eigenvalue weighted by molar-refractivity contribution is -0.122. The highest BCUT2D eigenvalue weighted by atomic mass is 35.5. The Morgan fingerprint density at radius 3 is 2.61 bits per heavy atom. The zero-order valence-corrected chi connectivity index (χ0v) is 16.4. The maximum atomic E-state index is 12.8. The van der Waals surface area contributed by atoms with Crippen LogP contribution in [-0.2, 0) is 11.3 Å². The van der Waals surface area contributed by atoms with Gasteiger partial charge in [0.25, 0.3) is 5.91 Å². The first-order valence-corrected chi connectivity index (χ1v) is 10.0. The SMILES string of the molecule is O=C(CN1CCN(C(=O)c2cnn(Cc3ccccc3Cl)c2)CC1)NC1CC1. The van der Waals surface area contributed by atoms with E-state index in [0.29, 0.717) is 55.9 Å². The minimum atomic E-state index is -0.0208. The number of halogens is 1. The molecule has 4 rings (SSSR count). The Bertz CT molecular complexity index is 856. The average Bonchev–Trinajstić information content (AvgIpc) is 3.38. The van der Waals surface area contributed by atoms with Gasteiger partial charge in [-0.1, -0.05) is 29.8 Å². The van der Waals surface area contributed by atoms with Crippen LogP contribution in [0, 0.1) is 0 Å². The number of hydrogen-bond donors (Lipinski definition) is 1. The van der Waals surface area contributed by atoms with E-state index >= 15 is 0 Å². The van der Waals surface area contributed by atoms with E-state index in [2.05, 4.69) is 15.3 Å². The molecule has 8 heteroatoms. The summed E-state index contributed by atoms with van der Waals surface area (Å²) in [6.07, 6.45) is 5.56. The summed E-state index contributed by atoms with van der Waals surface area (Å²) in [6.45, 7) is 3.58. The zero-order valence-electron chi connectivity index (χ0n) is 15.7. The van der Waals surface area contributed by atoms with Gasteiger partial charge in [0.1, 0.15) is 0 Å². The molecule has 1 saturated carbocycles. The molecule has 0 spiro atoms. The molecule has 2 heterocycles. The fourth-order valence-electron chi connectivity index (χ4n) is 3.36. The van der Waals surface area contributed by atoms with Crippen molar-refractivity contribution in [2.75, 3.05) is 32.7 Å². The highest BCUT2D eigenvalue weighted by molar-refractivity contribution is 6.31. The molecule has 2 amide bonds. The summed E-state index contributed by atoms with van der Waals surface area (Å²) in [5.41, 5.74) is 1.54. The number of nitrogens with zero attached hydrogens (tertiary/aromatic N) is 4. The minimum absolute atomic E-state index is 0.0208. The predicted molar refractivity (Wildman–Crippen MR) is 106 cm³/mol. The van der Waals surface area contributed by atoms with E-state index in [9.17, 15) is 9.59 Å². The van der Waals surface area contributed by atoms with E-state index in [1.807, 2.05) is 29.2 Å². The van der Waals surface area contributed by atoms with Crippen molar-refractivity contribution in [3.8, 4) is 0 Å². The molecule has 148 valence electrons. The Morgan fingerprint density at radius 1 is 1.14 bits per heavy atom. The van der Waals surface area contributed by atoms with Crippen molar-refractivity contribution in [2.45, 2.75) is 25.4 Å². The van der Waals surface area contributed by atoms with Crippen LogP contribution in [0.2, 0.25) is 5.02 Å². The Kier molecular flexibility index (Phi) is 5.64. The third-order valence-electron chi connectivity index (χ3n) is 5.14. The first kappa shape index (κ1) is 19.0. The lowest BCUT2D eigenvalue weighted by Crippen LogP contribution is -2.51. The first-order valence-electron chi connectivity index (χ1n) is 9.65. The number of rotatable bonds is 6. The quantitative estimate of drug-likeness (QED) is 0.798. The molecule has 7 nitrogen and oxygen atoms in total. The number of benzene rings is 1. The van der Waals surface area contributed by atoms with Crippen LogP contribution in [0.15, 0.2) is 36.7 Å². The maximum Gasteiger partial charge on any atom is 0.257 e. The number of piperazine rings is 1. The molecule has 1 aromatic carbocycles. The summed E-state index contributed by atoms with van der Waals surface area (Å²) in [6, 6.07) is 8.00. The molecule has 2 aromatic rings. The molecule has 28 heavy (non-hydrogen) atoms. The standard InChI is InChI=1S/C20H24ClN5O2/c21-18-4-2-1-3-15(18)12-26-13-16(11-22-26)20(28)25-9-7-24(8-10-25)14-19(27)23-17-5-6-17/h1-4,11,13,17H,5-10,12,14H2,(H,23,27). The van der Waals surface area contributed by atoms with Gasteiger partial charge in [-0.25, -0.2) is 0 Å². The average molecular weight is 402 g/mol. The maximum absolute atomic E-state index is 12.8. The molecule has 1 N–H and O–H groups in total. The normalized spacial score (nSPS) is 17.5. The molecule has 2 fully saturated rings. The Labute approximate surface area is 169 Å². The number of carbonyl (C=O) groups excluding carboxylic acids is 2. The second-order valence-corrected chi connectivity index (χ2v) is 7.84. The van der Waals surface area contributed by atoms with Crippen LogP contribution in [0.3, 0.4) is 0 Å². The number of hydrogen-bond acceptors (Lipinski definition) is 4. The lowest BCUT2D eigenvalue weighted by Gasteiger charge is -2.34. The third kappa shape index (κ3) is 4.72. The summed E-state index contributed by atoms with van der Waals surface area (Å²) in [5, 5.41) is 8.00. The molecule has 0 radical (unpaired) electrons. The van der Waals surface area contributed by atoms with Crippen LogP contribution in [0.4, 0.5) is 0 Å². The largest absolute Gasteiger partial charge is 0.352 e. The summed E-state index contributed by atoms with van der Waals surface area (Å²) >= 11 is 6.20. The summed E-state index contributed by atoms with van der Waals surface area (Å²) in [5.74, 6) is 0.0654. The number of aromatic nitrogens is 2. The van der Waals surface area contributed by atoms with Gasteiger partial charge < -0.3 is 10.2 Å². The zero-order chi connectivity index (χ0) is 19.5. The van der Waals surface area contributed by atoms with E-state index in [1.165, 1.54) is 0 Å². The first-order chi connectivity index (χ1) is 13.6. The number of carbonyl (C=O) groups is 2. The minimum Gasteiger partial charge on any atom is -0.352 e. The van der Waals surface area contributed by atoms with Gasteiger partial charge in [0, 0.05) is 43.4 Å². The van der Waals surface area contributed by atoms with Crippen molar-refractivity contribution in [2.24, 2.45) is 0 Å². The topological polar surface area (TPSA) is 70.5 Å². The smallest absolute Gasteiger partial charge is 0.257 e. The van der Waals surface area contributed by atoms with Gasteiger partial charge in [0.2, 0.25) is 5.91 Å². The highest BCUT2D eigenvalue weighted by Gasteiger charge is 2.27. The van der Waals surface area contributed by atoms with Gasteiger partial charge >= 0.3 is 0 Å². The third-order valence-corrected chi connectivity index (χ3v) is 5.51. The molecule has 0 atom stereocenters. The van der Waals surface area contributed by atoms with E-state index in [4.69, 9.17) is 11.6 Å². The highest BCUT2D eigenvalue weighted by Crippen LogP contribution is 2.19. The van der Waals surface area contributed by atoms with Crippen LogP contribution in [0.5, 0.6) is 0 Å². The van der Waals surface area contributed by atoms with Crippen LogP contribution < -0.4 is 5.32 Å². The molecular formula is C20H24ClN5O2. The van der Waals surface area contributed by atoms with Crippen molar-refractivity contribution in [1.82, 2.24) is 24.9 Å². The van der Waals surface area contributed by atoms with Crippen molar-refractivity contribution in [3.05, 3.63) is 52.8 Å². The van der Waals surface area contributed by atoms with Crippen LogP contribution >= 0.6 is 11.6 Å². The van der Waals surface area contributed by atoms with Gasteiger partial charge in [-0.05, 0) is 24.5 Å². The molecule has 1 aliphatic carbocycles. The predicted octanol–water partition coefficient (Wildman–Crippen LogP) is 1.62. The molecule has 1 aliphatic heterocycles. The van der Waals surface area contributed by atoms with E-state index in [0.717, 1.165) is 18.4 Å². The Hall–Kier alpha value is -2.38. The van der Waals surface area contributed by atoms with E-state index in [1.54, 1.807) is 17.1 Å². The monoisotopic (exact) mass is 401 g/mol. The molecule has 2 aliphatic rings. The second kappa shape index (κ2) is 8.32. The summed E-state index contributed by atoms with van der Waals surface area (Å²) in [7, 11) is 0. The molecule has 0 unspecified atom stereocenters. The Morgan fingerprint density at radius 2 is 1.89 bits per heavy atom. The second-order valence-electron chi connectivity index (χ2n) is 7.43. The van der Waals surface area contributed by atoms with Crippen molar-refractivity contribution in [1.29, 1.82) is 0 Å². The van der Waals surface area contributed by atoms with Gasteiger partial charge in [0.15, 0.2) is 0 Å².